The summed E-state index contributed by atoms with van der Waals surface area (Å²) >= 11 is 0. The van der Waals surface area contributed by atoms with Crippen molar-refractivity contribution in [3.8, 4) is 5.75 Å². The summed E-state index contributed by atoms with van der Waals surface area (Å²) in [6.45, 7) is 5.38. The smallest absolute Gasteiger partial charge is 0.258 e. The van der Waals surface area contributed by atoms with E-state index in [-0.39, 0.29) is 24.3 Å². The third kappa shape index (κ3) is 5.01. The Morgan fingerprint density at radius 3 is 2.74 bits per heavy atom. The van der Waals surface area contributed by atoms with Crippen LogP contribution in [-0.2, 0) is 14.3 Å². The van der Waals surface area contributed by atoms with Crippen LogP contribution in [0.2, 0.25) is 0 Å². The van der Waals surface area contributed by atoms with E-state index < -0.39 is 5.60 Å². The van der Waals surface area contributed by atoms with Gasteiger partial charge >= 0.3 is 0 Å². The van der Waals surface area contributed by atoms with Crippen LogP contribution >= 0.6 is 0 Å². The number of nitrogens with zero attached hydrogens (tertiary/aromatic N) is 2. The molecular weight excluding hydrogens is 398 g/mol. The zero-order chi connectivity index (χ0) is 21.8. The molecule has 4 rings (SSSR count). The molecule has 2 saturated heterocycles. The molecule has 0 radical (unpaired) electrons. The quantitative estimate of drug-likeness (QED) is 0.693. The van der Waals surface area contributed by atoms with Crippen LogP contribution in [0.3, 0.4) is 0 Å². The van der Waals surface area contributed by atoms with Crippen molar-refractivity contribution in [2.75, 3.05) is 45.9 Å². The van der Waals surface area contributed by atoms with Crippen LogP contribution in [0, 0.1) is 6.92 Å². The number of benzene rings is 1. The Morgan fingerprint density at radius 2 is 2.00 bits per heavy atom. The number of aryl methyl sites for hydroxylation is 1. The van der Waals surface area contributed by atoms with Crippen molar-refractivity contribution in [1.82, 2.24) is 15.1 Å². The lowest BCUT2D eigenvalue weighted by Crippen LogP contribution is -2.52. The first-order valence-electron chi connectivity index (χ1n) is 11.2. The topological polar surface area (TPSA) is 88.2 Å². The minimum Gasteiger partial charge on any atom is -0.484 e. The Balaban J connectivity index is 1.40. The summed E-state index contributed by atoms with van der Waals surface area (Å²) < 4.78 is 11.9. The van der Waals surface area contributed by atoms with Gasteiger partial charge in [0.05, 0.1) is 31.9 Å². The minimum atomic E-state index is -0.537. The number of fused-ring (bicyclic) bond motifs is 1. The van der Waals surface area contributed by atoms with E-state index >= 15 is 0 Å². The number of hydrogen-bond acceptors (Lipinski definition) is 5. The van der Waals surface area contributed by atoms with E-state index in [0.29, 0.717) is 69.8 Å². The molecule has 3 aliphatic rings. The highest BCUT2D eigenvalue weighted by atomic mass is 16.5. The molecule has 3 aliphatic heterocycles. The van der Waals surface area contributed by atoms with Crippen molar-refractivity contribution in [1.29, 1.82) is 0 Å². The Morgan fingerprint density at radius 1 is 1.19 bits per heavy atom. The average molecular weight is 430 g/mol. The first-order chi connectivity index (χ1) is 15.0. The molecule has 3 amide bonds. The number of likely N-dealkylation sites (tertiary alicyclic amines) is 1. The van der Waals surface area contributed by atoms with Gasteiger partial charge in [0.25, 0.3) is 5.91 Å². The van der Waals surface area contributed by atoms with Gasteiger partial charge in [-0.2, -0.15) is 0 Å². The van der Waals surface area contributed by atoms with Crippen LogP contribution < -0.4 is 10.1 Å². The molecule has 1 aromatic rings. The molecule has 0 atom stereocenters. The van der Waals surface area contributed by atoms with Gasteiger partial charge < -0.3 is 24.6 Å². The molecule has 0 aliphatic carbocycles. The molecule has 8 nitrogen and oxygen atoms in total. The second kappa shape index (κ2) is 9.26. The first kappa shape index (κ1) is 21.6. The predicted octanol–water partition coefficient (Wildman–Crippen LogP) is 1.51. The maximum atomic E-state index is 13.3. The van der Waals surface area contributed by atoms with Crippen LogP contribution in [0.5, 0.6) is 5.75 Å². The van der Waals surface area contributed by atoms with E-state index in [0.717, 1.165) is 18.5 Å². The summed E-state index contributed by atoms with van der Waals surface area (Å²) in [6.07, 6.45) is 3.60. The number of ether oxygens (including phenoxy) is 2. The number of hydrogen-bond donors (Lipinski definition) is 1. The van der Waals surface area contributed by atoms with Gasteiger partial charge in [0, 0.05) is 38.9 Å². The van der Waals surface area contributed by atoms with Gasteiger partial charge in [-0.1, -0.05) is 11.6 Å². The number of nitrogens with one attached hydrogen (secondary N) is 1. The highest BCUT2D eigenvalue weighted by Gasteiger charge is 2.42. The van der Waals surface area contributed by atoms with E-state index in [2.05, 4.69) is 5.32 Å². The maximum absolute atomic E-state index is 13.3. The van der Waals surface area contributed by atoms with Gasteiger partial charge in [0.2, 0.25) is 11.8 Å². The van der Waals surface area contributed by atoms with Crippen LogP contribution in [0.1, 0.15) is 48.0 Å². The summed E-state index contributed by atoms with van der Waals surface area (Å²) in [7, 11) is 0. The van der Waals surface area contributed by atoms with Gasteiger partial charge in [-0.15, -0.1) is 0 Å². The highest BCUT2D eigenvalue weighted by molar-refractivity contribution is 5.99. The Kier molecular flexibility index (Phi) is 6.46. The SMILES string of the molecule is Cc1ccc2c(c1)C(=O)N(CC(=O)NCCCN1CCCC1=O)CC1(CCOCC1)O2. The fourth-order valence-corrected chi connectivity index (χ4v) is 4.55. The number of amides is 3. The lowest BCUT2D eigenvalue weighted by molar-refractivity contribution is -0.127. The van der Waals surface area contributed by atoms with E-state index in [1.807, 2.05) is 30.0 Å². The van der Waals surface area contributed by atoms with Crippen LogP contribution in [0.15, 0.2) is 18.2 Å². The van der Waals surface area contributed by atoms with Crippen molar-refractivity contribution in [2.45, 2.75) is 44.6 Å². The largest absolute Gasteiger partial charge is 0.484 e. The lowest BCUT2D eigenvalue weighted by atomic mass is 9.93. The van der Waals surface area contributed by atoms with Gasteiger partial charge in [-0.25, -0.2) is 0 Å². The van der Waals surface area contributed by atoms with Crippen LogP contribution in [-0.4, -0.2) is 79.1 Å². The summed E-state index contributed by atoms with van der Waals surface area (Å²) in [5, 5.41) is 2.90. The lowest BCUT2D eigenvalue weighted by Gasteiger charge is -2.38. The fourth-order valence-electron chi connectivity index (χ4n) is 4.55. The van der Waals surface area contributed by atoms with Gasteiger partial charge in [-0.05, 0) is 31.9 Å². The van der Waals surface area contributed by atoms with Crippen molar-refractivity contribution >= 4 is 17.7 Å². The van der Waals surface area contributed by atoms with Crippen LogP contribution in [0.25, 0.3) is 0 Å². The molecule has 0 saturated carbocycles. The van der Waals surface area contributed by atoms with Crippen molar-refractivity contribution in [2.24, 2.45) is 0 Å². The molecule has 1 spiro atoms. The average Bonchev–Trinajstić information content (AvgIpc) is 3.12. The summed E-state index contributed by atoms with van der Waals surface area (Å²) in [6, 6.07) is 5.61. The first-order valence-corrected chi connectivity index (χ1v) is 11.2. The van der Waals surface area contributed by atoms with Gasteiger partial charge in [0.1, 0.15) is 11.4 Å². The summed E-state index contributed by atoms with van der Waals surface area (Å²) in [5.74, 6) is 0.396. The standard InChI is InChI=1S/C23H31N3O5/c1-17-5-6-19-18(14-17)22(29)26(16-23(31-19)7-12-30-13-8-23)15-20(27)24-9-3-11-25-10-2-4-21(25)28/h5-6,14H,2-4,7-13,15-16H2,1H3,(H,24,27). The molecule has 31 heavy (non-hydrogen) atoms. The molecular formula is C23H31N3O5. The second-order valence-electron chi connectivity index (χ2n) is 8.75. The molecule has 0 unspecified atom stereocenters. The molecule has 8 heteroatoms. The third-order valence-corrected chi connectivity index (χ3v) is 6.30. The van der Waals surface area contributed by atoms with Crippen molar-refractivity contribution in [3.05, 3.63) is 29.3 Å². The summed E-state index contributed by atoms with van der Waals surface area (Å²) in [4.78, 5) is 41.0. The van der Waals surface area contributed by atoms with E-state index in [4.69, 9.17) is 9.47 Å². The van der Waals surface area contributed by atoms with Crippen molar-refractivity contribution in [3.63, 3.8) is 0 Å². The highest BCUT2D eigenvalue weighted by Crippen LogP contribution is 2.35. The van der Waals surface area contributed by atoms with E-state index in [9.17, 15) is 14.4 Å². The molecule has 3 heterocycles. The second-order valence-corrected chi connectivity index (χ2v) is 8.75. The van der Waals surface area contributed by atoms with Gasteiger partial charge in [-0.3, -0.25) is 14.4 Å². The number of carbonyl (C=O) groups is 3. The zero-order valence-corrected chi connectivity index (χ0v) is 18.2. The molecule has 2 fully saturated rings. The molecule has 0 aromatic heterocycles. The Labute approximate surface area is 182 Å². The number of rotatable bonds is 6. The molecule has 0 bridgehead atoms. The zero-order valence-electron chi connectivity index (χ0n) is 18.2. The normalized spacial score (nSPS) is 20.4. The third-order valence-electron chi connectivity index (χ3n) is 6.30. The van der Waals surface area contributed by atoms with E-state index in [1.54, 1.807) is 4.90 Å². The maximum Gasteiger partial charge on any atom is 0.258 e. The van der Waals surface area contributed by atoms with Gasteiger partial charge in [0.15, 0.2) is 0 Å². The monoisotopic (exact) mass is 429 g/mol. The molecule has 168 valence electrons. The number of carbonyl (C=O) groups excluding carboxylic acids is 3. The fraction of sp³-hybridized carbons (Fsp3) is 0.609. The molecule has 1 N–H and O–H groups in total. The van der Waals surface area contributed by atoms with Crippen molar-refractivity contribution < 1.29 is 23.9 Å². The molecule has 1 aromatic carbocycles. The summed E-state index contributed by atoms with van der Waals surface area (Å²) in [5.41, 5.74) is 0.938. The Bertz CT molecular complexity index is 850. The Hall–Kier alpha value is -2.61. The minimum absolute atomic E-state index is 0.0131. The van der Waals surface area contributed by atoms with Crippen LogP contribution in [0.4, 0.5) is 0 Å². The predicted molar refractivity (Wildman–Crippen MR) is 114 cm³/mol. The van der Waals surface area contributed by atoms with E-state index in [1.165, 1.54) is 0 Å².